The van der Waals surface area contributed by atoms with Gasteiger partial charge in [-0.2, -0.15) is 0 Å². The Balaban J connectivity index is 1.03. The highest BCUT2D eigenvalue weighted by Crippen LogP contribution is 2.31. The zero-order valence-corrected chi connectivity index (χ0v) is 18.5. The summed E-state index contributed by atoms with van der Waals surface area (Å²) in [7, 11) is 0. The Morgan fingerprint density at radius 2 is 1.85 bits per heavy atom. The van der Waals surface area contributed by atoms with Crippen LogP contribution in [0.4, 0.5) is 0 Å². The fraction of sp³-hybridized carbons (Fsp3) is 0.296. The van der Waals surface area contributed by atoms with Crippen LogP contribution in [0.25, 0.3) is 11.1 Å². The number of nitrogens with zero attached hydrogens (tertiary/aromatic N) is 1. The molecule has 1 aromatic heterocycles. The van der Waals surface area contributed by atoms with Gasteiger partial charge in [-0.25, -0.2) is 4.98 Å². The maximum Gasteiger partial charge on any atom is 0.181 e. The Morgan fingerprint density at radius 3 is 2.79 bits per heavy atom. The van der Waals surface area contributed by atoms with Crippen LogP contribution in [-0.2, 0) is 13.0 Å². The summed E-state index contributed by atoms with van der Waals surface area (Å²) in [5, 5.41) is 3.49. The number of fused-ring (bicyclic) bond motifs is 2. The van der Waals surface area contributed by atoms with Crippen molar-refractivity contribution in [3.05, 3.63) is 84.3 Å². The van der Waals surface area contributed by atoms with E-state index in [9.17, 15) is 0 Å². The Morgan fingerprint density at radius 1 is 0.970 bits per heavy atom. The smallest absolute Gasteiger partial charge is 0.181 e. The van der Waals surface area contributed by atoms with Gasteiger partial charge in [-0.3, -0.25) is 0 Å². The molecule has 3 aromatic carbocycles. The molecule has 0 aliphatic carbocycles. The molecular formula is C27H28N2O4. The van der Waals surface area contributed by atoms with Gasteiger partial charge in [0.05, 0.1) is 6.61 Å². The average molecular weight is 445 g/mol. The second-order valence-electron chi connectivity index (χ2n) is 8.21. The molecule has 33 heavy (non-hydrogen) atoms. The monoisotopic (exact) mass is 444 g/mol. The van der Waals surface area contributed by atoms with Gasteiger partial charge in [-0.05, 0) is 55.1 Å². The molecule has 0 spiro atoms. The summed E-state index contributed by atoms with van der Waals surface area (Å²) in [6.07, 6.45) is 4.56. The molecular weight excluding hydrogens is 416 g/mol. The number of aryl methyl sites for hydroxylation is 1. The minimum Gasteiger partial charge on any atom is -0.493 e. The van der Waals surface area contributed by atoms with Crippen molar-refractivity contribution in [3.8, 4) is 17.2 Å². The molecule has 5 rings (SSSR count). The van der Waals surface area contributed by atoms with Gasteiger partial charge in [0.25, 0.3) is 0 Å². The van der Waals surface area contributed by atoms with Crippen molar-refractivity contribution in [2.24, 2.45) is 0 Å². The molecule has 1 aliphatic heterocycles. The Kier molecular flexibility index (Phi) is 6.73. The van der Waals surface area contributed by atoms with Gasteiger partial charge in [-0.1, -0.05) is 36.4 Å². The van der Waals surface area contributed by atoms with Crippen LogP contribution >= 0.6 is 0 Å². The van der Waals surface area contributed by atoms with E-state index in [0.29, 0.717) is 13.2 Å². The van der Waals surface area contributed by atoms with Gasteiger partial charge >= 0.3 is 0 Å². The number of benzene rings is 3. The largest absolute Gasteiger partial charge is 0.493 e. The molecule has 0 saturated carbocycles. The second kappa shape index (κ2) is 10.4. The predicted molar refractivity (Wildman–Crippen MR) is 127 cm³/mol. The molecule has 0 fully saturated rings. The summed E-state index contributed by atoms with van der Waals surface area (Å²) in [4.78, 5) is 4.11. The minimum absolute atomic E-state index is 0.164. The quantitative estimate of drug-likeness (QED) is 0.341. The lowest BCUT2D eigenvalue weighted by molar-refractivity contribution is 0.168. The van der Waals surface area contributed by atoms with Crippen LogP contribution in [0.15, 0.2) is 77.5 Å². The molecule has 0 amide bonds. The first-order valence-corrected chi connectivity index (χ1v) is 11.5. The molecule has 6 heteroatoms. The highest BCUT2D eigenvalue weighted by atomic mass is 16.5. The summed E-state index contributed by atoms with van der Waals surface area (Å²) in [6.45, 7) is 2.89. The van der Waals surface area contributed by atoms with Gasteiger partial charge in [0.15, 0.2) is 12.0 Å². The normalized spacial score (nSPS) is 15.1. The molecule has 1 N–H and O–H groups in total. The zero-order chi connectivity index (χ0) is 22.3. The van der Waals surface area contributed by atoms with E-state index in [1.165, 1.54) is 12.0 Å². The van der Waals surface area contributed by atoms with Crippen LogP contribution in [-0.4, -0.2) is 30.8 Å². The van der Waals surface area contributed by atoms with Crippen LogP contribution in [0.3, 0.4) is 0 Å². The van der Waals surface area contributed by atoms with Crippen LogP contribution in [0.2, 0.25) is 0 Å². The molecule has 0 bridgehead atoms. The Hall–Kier alpha value is -3.51. The summed E-state index contributed by atoms with van der Waals surface area (Å²) in [5.74, 6) is 2.58. The van der Waals surface area contributed by atoms with E-state index in [1.807, 2.05) is 48.5 Å². The molecule has 2 heterocycles. The fourth-order valence-electron chi connectivity index (χ4n) is 3.96. The van der Waals surface area contributed by atoms with Crippen molar-refractivity contribution in [2.75, 3.05) is 19.7 Å². The third-order valence-electron chi connectivity index (χ3n) is 5.76. The van der Waals surface area contributed by atoms with Crippen molar-refractivity contribution >= 4 is 11.1 Å². The number of oxazole rings is 1. The highest BCUT2D eigenvalue weighted by Gasteiger charge is 2.20. The molecule has 6 nitrogen and oxygen atoms in total. The van der Waals surface area contributed by atoms with Crippen molar-refractivity contribution in [1.82, 2.24) is 10.3 Å². The van der Waals surface area contributed by atoms with E-state index in [1.54, 1.807) is 0 Å². The SMILES string of the molecule is c1ccc(COc2ccc3c(c2)OC(CNCCCOc2ccc4ncoc4c2)CC3)cc1. The lowest BCUT2D eigenvalue weighted by Crippen LogP contribution is -2.35. The highest BCUT2D eigenvalue weighted by molar-refractivity contribution is 5.73. The molecule has 1 atom stereocenters. The van der Waals surface area contributed by atoms with Gasteiger partial charge in [0.1, 0.15) is 35.5 Å². The summed E-state index contributed by atoms with van der Waals surface area (Å²) >= 11 is 0. The Bertz CT molecular complexity index is 1180. The molecule has 4 aromatic rings. The fourth-order valence-corrected chi connectivity index (χ4v) is 3.96. The first kappa shape index (κ1) is 21.3. The minimum atomic E-state index is 0.164. The first-order valence-electron chi connectivity index (χ1n) is 11.5. The van der Waals surface area contributed by atoms with Gasteiger partial charge in [0, 0.05) is 18.7 Å². The summed E-state index contributed by atoms with van der Waals surface area (Å²) in [5.41, 5.74) is 3.98. The van der Waals surface area contributed by atoms with Crippen molar-refractivity contribution in [3.63, 3.8) is 0 Å². The van der Waals surface area contributed by atoms with E-state index >= 15 is 0 Å². The molecule has 0 saturated heterocycles. The van der Waals surface area contributed by atoms with E-state index in [2.05, 4.69) is 28.5 Å². The summed E-state index contributed by atoms with van der Waals surface area (Å²) < 4.78 is 23.3. The number of rotatable bonds is 10. The first-order chi connectivity index (χ1) is 16.3. The van der Waals surface area contributed by atoms with Crippen molar-refractivity contribution in [1.29, 1.82) is 0 Å². The topological polar surface area (TPSA) is 65.8 Å². The maximum absolute atomic E-state index is 6.24. The van der Waals surface area contributed by atoms with E-state index < -0.39 is 0 Å². The number of nitrogens with one attached hydrogen (secondary N) is 1. The van der Waals surface area contributed by atoms with Crippen molar-refractivity contribution < 1.29 is 18.6 Å². The van der Waals surface area contributed by atoms with Crippen LogP contribution in [0.5, 0.6) is 17.2 Å². The van der Waals surface area contributed by atoms with Crippen molar-refractivity contribution in [2.45, 2.75) is 32.0 Å². The number of ether oxygens (including phenoxy) is 3. The standard InChI is InChI=1S/C27H28N2O4/c1-2-5-20(6-3-1)18-31-23-9-7-21-8-10-24(33-26(21)15-23)17-28-13-4-14-30-22-11-12-25-27(16-22)32-19-29-25/h1-3,5-7,9,11-12,15-16,19,24,28H,4,8,10,13-14,17-18H2. The predicted octanol–water partition coefficient (Wildman–Crippen LogP) is 5.16. The zero-order valence-electron chi connectivity index (χ0n) is 18.5. The second-order valence-corrected chi connectivity index (χ2v) is 8.21. The van der Waals surface area contributed by atoms with E-state index in [-0.39, 0.29) is 6.10 Å². The summed E-state index contributed by atoms with van der Waals surface area (Å²) in [6, 6.07) is 22.1. The lowest BCUT2D eigenvalue weighted by Gasteiger charge is -2.27. The van der Waals surface area contributed by atoms with Gasteiger partial charge in [-0.15, -0.1) is 0 Å². The lowest BCUT2D eigenvalue weighted by atomic mass is 10.0. The number of hydrogen-bond acceptors (Lipinski definition) is 6. The molecule has 0 radical (unpaired) electrons. The average Bonchev–Trinajstić information content (AvgIpc) is 3.33. The van der Waals surface area contributed by atoms with Crippen LogP contribution in [0.1, 0.15) is 24.0 Å². The third kappa shape index (κ3) is 5.65. The molecule has 1 unspecified atom stereocenters. The van der Waals surface area contributed by atoms with Gasteiger partial charge < -0.3 is 23.9 Å². The maximum atomic E-state index is 6.24. The number of hydrogen-bond donors (Lipinski definition) is 1. The number of aromatic nitrogens is 1. The van der Waals surface area contributed by atoms with E-state index in [0.717, 1.165) is 66.3 Å². The molecule has 1 aliphatic rings. The van der Waals surface area contributed by atoms with E-state index in [4.69, 9.17) is 18.6 Å². The third-order valence-corrected chi connectivity index (χ3v) is 5.76. The Labute approximate surface area is 193 Å². The molecule has 170 valence electrons. The van der Waals surface area contributed by atoms with Crippen LogP contribution < -0.4 is 19.5 Å². The van der Waals surface area contributed by atoms with Gasteiger partial charge in [0.2, 0.25) is 0 Å². The van der Waals surface area contributed by atoms with Crippen LogP contribution in [0, 0.1) is 0 Å².